The van der Waals surface area contributed by atoms with Crippen LogP contribution < -0.4 is 5.32 Å². The highest BCUT2D eigenvalue weighted by atomic mass is 32.2. The minimum absolute atomic E-state index is 0.0127. The number of aromatic nitrogens is 2. The smallest absolute Gasteiger partial charge is 0.156 e. The standard InChI is InChI=1S/C17H19N3O3S/c1-20-10-13(9-18-14-6-7-24(21,22)11-14)17(19-20)16-8-12-4-2-3-5-15(12)23-16/h2-5,8,10,14,18H,6-7,9,11H2,1H3/t14-/m1/s1. The van der Waals surface area contributed by atoms with E-state index in [1.807, 2.05) is 43.6 Å². The third-order valence-corrected chi connectivity index (χ3v) is 6.15. The lowest BCUT2D eigenvalue weighted by Gasteiger charge is -2.09. The van der Waals surface area contributed by atoms with Crippen LogP contribution in [0.15, 0.2) is 40.9 Å². The van der Waals surface area contributed by atoms with Crippen molar-refractivity contribution in [1.82, 2.24) is 15.1 Å². The Morgan fingerprint density at radius 2 is 2.21 bits per heavy atom. The van der Waals surface area contributed by atoms with E-state index < -0.39 is 9.84 Å². The van der Waals surface area contributed by atoms with Gasteiger partial charge in [-0.25, -0.2) is 8.42 Å². The average Bonchev–Trinajstić information content (AvgIpc) is 3.21. The first kappa shape index (κ1) is 15.4. The lowest BCUT2D eigenvalue weighted by molar-refractivity contribution is 0.553. The summed E-state index contributed by atoms with van der Waals surface area (Å²) in [6.07, 6.45) is 2.61. The molecule has 24 heavy (non-hydrogen) atoms. The molecule has 0 aliphatic carbocycles. The summed E-state index contributed by atoms with van der Waals surface area (Å²) in [5, 5.41) is 8.89. The van der Waals surface area contributed by atoms with Gasteiger partial charge in [-0.05, 0) is 18.6 Å². The highest BCUT2D eigenvalue weighted by Gasteiger charge is 2.27. The minimum atomic E-state index is -2.88. The first-order valence-corrected chi connectivity index (χ1v) is 9.77. The Balaban J connectivity index is 1.58. The summed E-state index contributed by atoms with van der Waals surface area (Å²) in [6.45, 7) is 0.570. The van der Waals surface area contributed by atoms with E-state index in [1.54, 1.807) is 4.68 Å². The summed E-state index contributed by atoms with van der Waals surface area (Å²) in [5.41, 5.74) is 2.63. The SMILES string of the molecule is Cn1cc(CN[C@@H]2CCS(=O)(=O)C2)c(-c2cc3ccccc3o2)n1. The number of benzene rings is 1. The summed E-state index contributed by atoms with van der Waals surface area (Å²) in [7, 11) is -1.01. The van der Waals surface area contributed by atoms with Crippen LogP contribution in [0.4, 0.5) is 0 Å². The molecule has 1 saturated heterocycles. The molecule has 0 amide bonds. The maximum Gasteiger partial charge on any atom is 0.156 e. The van der Waals surface area contributed by atoms with Crippen molar-refractivity contribution in [2.45, 2.75) is 19.0 Å². The monoisotopic (exact) mass is 345 g/mol. The van der Waals surface area contributed by atoms with E-state index >= 15 is 0 Å². The molecule has 1 fully saturated rings. The fourth-order valence-corrected chi connectivity index (χ4v) is 4.89. The largest absolute Gasteiger partial charge is 0.454 e. The Morgan fingerprint density at radius 3 is 2.96 bits per heavy atom. The Bertz CT molecular complexity index is 955. The molecule has 4 rings (SSSR count). The quantitative estimate of drug-likeness (QED) is 0.784. The molecule has 126 valence electrons. The van der Waals surface area contributed by atoms with Crippen LogP contribution in [0.1, 0.15) is 12.0 Å². The molecule has 1 aromatic carbocycles. The van der Waals surface area contributed by atoms with Crippen LogP contribution in [0.3, 0.4) is 0 Å². The second-order valence-electron chi connectivity index (χ2n) is 6.31. The van der Waals surface area contributed by atoms with E-state index in [-0.39, 0.29) is 17.5 Å². The van der Waals surface area contributed by atoms with E-state index in [0.29, 0.717) is 13.0 Å². The molecule has 1 aliphatic rings. The fraction of sp³-hybridized carbons (Fsp3) is 0.353. The molecule has 1 N–H and O–H groups in total. The maximum absolute atomic E-state index is 11.6. The number of para-hydroxylation sites is 1. The first-order chi connectivity index (χ1) is 11.5. The van der Waals surface area contributed by atoms with Gasteiger partial charge in [0.05, 0.1) is 11.5 Å². The molecule has 0 spiro atoms. The number of fused-ring (bicyclic) bond motifs is 1. The van der Waals surface area contributed by atoms with Gasteiger partial charge >= 0.3 is 0 Å². The maximum atomic E-state index is 11.6. The van der Waals surface area contributed by atoms with Gasteiger partial charge in [0.2, 0.25) is 0 Å². The van der Waals surface area contributed by atoms with Crippen molar-refractivity contribution in [3.63, 3.8) is 0 Å². The van der Waals surface area contributed by atoms with Crippen LogP contribution >= 0.6 is 0 Å². The van der Waals surface area contributed by atoms with E-state index in [1.165, 1.54) is 0 Å². The van der Waals surface area contributed by atoms with Gasteiger partial charge in [-0.1, -0.05) is 18.2 Å². The van der Waals surface area contributed by atoms with Gasteiger partial charge in [0.25, 0.3) is 0 Å². The first-order valence-electron chi connectivity index (χ1n) is 7.95. The summed E-state index contributed by atoms with van der Waals surface area (Å²) in [5.74, 6) is 1.22. The summed E-state index contributed by atoms with van der Waals surface area (Å²) in [6, 6.07) is 9.86. The molecule has 3 heterocycles. The lowest BCUT2D eigenvalue weighted by atomic mass is 10.1. The van der Waals surface area contributed by atoms with E-state index in [9.17, 15) is 8.42 Å². The molecular formula is C17H19N3O3S. The van der Waals surface area contributed by atoms with Crippen molar-refractivity contribution in [2.24, 2.45) is 7.05 Å². The zero-order chi connectivity index (χ0) is 16.7. The molecule has 1 aliphatic heterocycles. The minimum Gasteiger partial charge on any atom is -0.454 e. The zero-order valence-electron chi connectivity index (χ0n) is 13.4. The third kappa shape index (κ3) is 2.97. The molecule has 1 atom stereocenters. The van der Waals surface area contributed by atoms with E-state index in [0.717, 1.165) is 28.0 Å². The molecule has 2 aromatic heterocycles. The van der Waals surface area contributed by atoms with Gasteiger partial charge in [0.1, 0.15) is 11.3 Å². The number of sulfone groups is 1. The summed E-state index contributed by atoms with van der Waals surface area (Å²) in [4.78, 5) is 0. The highest BCUT2D eigenvalue weighted by molar-refractivity contribution is 7.91. The second-order valence-corrected chi connectivity index (χ2v) is 8.53. The molecular weight excluding hydrogens is 326 g/mol. The Labute approximate surface area is 140 Å². The summed E-state index contributed by atoms with van der Waals surface area (Å²) >= 11 is 0. The van der Waals surface area contributed by atoms with Gasteiger partial charge < -0.3 is 9.73 Å². The number of hydrogen-bond acceptors (Lipinski definition) is 5. The predicted octanol–water partition coefficient (Wildman–Crippen LogP) is 2.11. The Kier molecular flexibility index (Phi) is 3.69. The molecule has 3 aromatic rings. The topological polar surface area (TPSA) is 77.1 Å². The molecule has 0 radical (unpaired) electrons. The van der Waals surface area contributed by atoms with E-state index in [2.05, 4.69) is 10.4 Å². The van der Waals surface area contributed by atoms with Gasteiger partial charge in [-0.2, -0.15) is 5.10 Å². The fourth-order valence-electron chi connectivity index (χ4n) is 3.18. The molecule has 7 heteroatoms. The van der Waals surface area contributed by atoms with Crippen molar-refractivity contribution in [1.29, 1.82) is 0 Å². The van der Waals surface area contributed by atoms with Gasteiger partial charge in [-0.3, -0.25) is 4.68 Å². The van der Waals surface area contributed by atoms with Crippen molar-refractivity contribution in [3.05, 3.63) is 42.1 Å². The number of hydrogen-bond donors (Lipinski definition) is 1. The van der Waals surface area contributed by atoms with Crippen LogP contribution in [0, 0.1) is 0 Å². The number of nitrogens with one attached hydrogen (secondary N) is 1. The van der Waals surface area contributed by atoms with Crippen LogP contribution in [0.25, 0.3) is 22.4 Å². The van der Waals surface area contributed by atoms with Crippen LogP contribution in [0.5, 0.6) is 0 Å². The Morgan fingerprint density at radius 1 is 1.38 bits per heavy atom. The van der Waals surface area contributed by atoms with Crippen LogP contribution in [-0.4, -0.2) is 35.7 Å². The average molecular weight is 345 g/mol. The van der Waals surface area contributed by atoms with Crippen LogP contribution in [-0.2, 0) is 23.4 Å². The molecule has 6 nitrogen and oxygen atoms in total. The van der Waals surface area contributed by atoms with Gasteiger partial charge in [0.15, 0.2) is 15.6 Å². The van der Waals surface area contributed by atoms with Crippen molar-refractivity contribution in [3.8, 4) is 11.5 Å². The second kappa shape index (κ2) is 5.75. The van der Waals surface area contributed by atoms with Crippen molar-refractivity contribution >= 4 is 20.8 Å². The molecule has 0 saturated carbocycles. The van der Waals surface area contributed by atoms with Crippen LogP contribution in [0.2, 0.25) is 0 Å². The van der Waals surface area contributed by atoms with Crippen molar-refractivity contribution < 1.29 is 12.8 Å². The highest BCUT2D eigenvalue weighted by Crippen LogP contribution is 2.29. The normalized spacial score (nSPS) is 20.0. The van der Waals surface area contributed by atoms with Gasteiger partial charge in [-0.15, -0.1) is 0 Å². The number of aryl methyl sites for hydroxylation is 1. The van der Waals surface area contributed by atoms with Crippen molar-refractivity contribution in [2.75, 3.05) is 11.5 Å². The Hall–Kier alpha value is -2.12. The number of nitrogens with zero attached hydrogens (tertiary/aromatic N) is 2. The summed E-state index contributed by atoms with van der Waals surface area (Å²) < 4.78 is 30.8. The number of rotatable bonds is 4. The zero-order valence-corrected chi connectivity index (χ0v) is 14.2. The predicted molar refractivity (Wildman–Crippen MR) is 92.3 cm³/mol. The van der Waals surface area contributed by atoms with E-state index in [4.69, 9.17) is 4.42 Å². The third-order valence-electron chi connectivity index (χ3n) is 4.38. The molecule has 0 bridgehead atoms. The number of furan rings is 1. The van der Waals surface area contributed by atoms with Gasteiger partial charge in [0, 0.05) is 36.8 Å². The lowest BCUT2D eigenvalue weighted by Crippen LogP contribution is -2.29. The molecule has 0 unspecified atom stereocenters.